The molecule has 0 atom stereocenters. The Hall–Kier alpha value is -4.12. The number of nitro groups is 2. The molecular weight excluding hydrogens is 484 g/mol. The lowest BCUT2D eigenvalue weighted by molar-refractivity contribution is -0.393. The number of esters is 1. The summed E-state index contributed by atoms with van der Waals surface area (Å²) in [6.07, 6.45) is 0. The SMILES string of the molecule is O=C(OC/C(=N/Nc1ccc([N+](=O)[O-])cc1[N+](=O)[O-])c1ccccc1)c1ccc(Br)cc1. The van der Waals surface area contributed by atoms with Crippen molar-refractivity contribution in [1.82, 2.24) is 0 Å². The van der Waals surface area contributed by atoms with Crippen molar-refractivity contribution >= 4 is 44.7 Å². The highest BCUT2D eigenvalue weighted by atomic mass is 79.9. The molecule has 0 fully saturated rings. The molecule has 0 saturated carbocycles. The molecule has 10 nitrogen and oxygen atoms in total. The van der Waals surface area contributed by atoms with E-state index in [2.05, 4.69) is 26.5 Å². The molecule has 0 aliphatic carbocycles. The highest BCUT2D eigenvalue weighted by Gasteiger charge is 2.19. The summed E-state index contributed by atoms with van der Waals surface area (Å²) in [6, 6.07) is 18.6. The van der Waals surface area contributed by atoms with E-state index in [0.717, 1.165) is 16.6 Å². The summed E-state index contributed by atoms with van der Waals surface area (Å²) < 4.78 is 6.17. The number of non-ortho nitro benzene ring substituents is 1. The maximum absolute atomic E-state index is 12.3. The fourth-order valence-electron chi connectivity index (χ4n) is 2.62. The fraction of sp³-hybridized carbons (Fsp3) is 0.0476. The van der Waals surface area contributed by atoms with Crippen LogP contribution in [0.25, 0.3) is 0 Å². The van der Waals surface area contributed by atoms with Gasteiger partial charge in [0, 0.05) is 16.1 Å². The van der Waals surface area contributed by atoms with Gasteiger partial charge >= 0.3 is 11.7 Å². The van der Waals surface area contributed by atoms with Crippen LogP contribution in [-0.4, -0.2) is 28.1 Å². The van der Waals surface area contributed by atoms with Crippen LogP contribution >= 0.6 is 15.9 Å². The summed E-state index contributed by atoms with van der Waals surface area (Å²) in [5.74, 6) is -0.567. The molecule has 0 aromatic heterocycles. The zero-order chi connectivity index (χ0) is 23.1. The van der Waals surface area contributed by atoms with Gasteiger partial charge < -0.3 is 4.74 Å². The third-order valence-electron chi connectivity index (χ3n) is 4.23. The van der Waals surface area contributed by atoms with Crippen molar-refractivity contribution in [3.63, 3.8) is 0 Å². The molecule has 0 aliphatic heterocycles. The van der Waals surface area contributed by atoms with Gasteiger partial charge in [0.1, 0.15) is 18.0 Å². The Morgan fingerprint density at radius 1 is 0.938 bits per heavy atom. The van der Waals surface area contributed by atoms with Crippen molar-refractivity contribution in [2.75, 3.05) is 12.0 Å². The normalized spacial score (nSPS) is 11.0. The molecule has 11 heteroatoms. The molecule has 0 unspecified atom stereocenters. The molecule has 0 amide bonds. The van der Waals surface area contributed by atoms with Gasteiger partial charge in [0.05, 0.1) is 21.5 Å². The first-order valence-corrected chi connectivity index (χ1v) is 9.88. The van der Waals surface area contributed by atoms with Gasteiger partial charge in [-0.15, -0.1) is 0 Å². The summed E-state index contributed by atoms with van der Waals surface area (Å²) in [6.45, 7) is -0.216. The van der Waals surface area contributed by atoms with Crippen LogP contribution in [0, 0.1) is 20.2 Å². The fourth-order valence-corrected chi connectivity index (χ4v) is 2.89. The second-order valence-corrected chi connectivity index (χ2v) is 7.25. The molecule has 0 aliphatic rings. The molecule has 3 aromatic carbocycles. The molecule has 162 valence electrons. The first-order valence-electron chi connectivity index (χ1n) is 9.08. The first kappa shape index (κ1) is 22.6. The zero-order valence-electron chi connectivity index (χ0n) is 16.3. The van der Waals surface area contributed by atoms with Crippen LogP contribution in [0.2, 0.25) is 0 Å². The zero-order valence-corrected chi connectivity index (χ0v) is 17.9. The van der Waals surface area contributed by atoms with E-state index in [0.29, 0.717) is 16.8 Å². The number of carbonyl (C=O) groups is 1. The number of hydrazone groups is 1. The lowest BCUT2D eigenvalue weighted by atomic mass is 10.1. The Bertz CT molecular complexity index is 1180. The molecule has 3 rings (SSSR count). The van der Waals surface area contributed by atoms with Crippen LogP contribution in [0.5, 0.6) is 0 Å². The number of hydrogen-bond donors (Lipinski definition) is 1. The maximum atomic E-state index is 12.3. The number of hydrogen-bond acceptors (Lipinski definition) is 8. The number of nitrogens with one attached hydrogen (secondary N) is 1. The minimum Gasteiger partial charge on any atom is -0.455 e. The molecule has 32 heavy (non-hydrogen) atoms. The summed E-state index contributed by atoms with van der Waals surface area (Å²) in [4.78, 5) is 33.1. The van der Waals surface area contributed by atoms with E-state index in [1.165, 1.54) is 6.07 Å². The quantitative estimate of drug-likeness (QED) is 0.201. The molecule has 0 spiro atoms. The Kier molecular flexibility index (Phi) is 7.24. The Morgan fingerprint density at radius 3 is 2.25 bits per heavy atom. The van der Waals surface area contributed by atoms with Crippen molar-refractivity contribution in [3.05, 3.63) is 109 Å². The van der Waals surface area contributed by atoms with Crippen LogP contribution in [0.1, 0.15) is 15.9 Å². The van der Waals surface area contributed by atoms with Crippen LogP contribution in [-0.2, 0) is 4.74 Å². The largest absolute Gasteiger partial charge is 0.455 e. The summed E-state index contributed by atoms with van der Waals surface area (Å²) >= 11 is 3.29. The smallest absolute Gasteiger partial charge is 0.338 e. The summed E-state index contributed by atoms with van der Waals surface area (Å²) in [5.41, 5.74) is 2.84. The topological polar surface area (TPSA) is 137 Å². The number of anilines is 1. The average molecular weight is 499 g/mol. The van der Waals surface area contributed by atoms with Gasteiger partial charge in [-0.3, -0.25) is 25.7 Å². The second-order valence-electron chi connectivity index (χ2n) is 6.34. The van der Waals surface area contributed by atoms with Crippen molar-refractivity contribution in [3.8, 4) is 0 Å². The number of ether oxygens (including phenoxy) is 1. The van der Waals surface area contributed by atoms with E-state index in [-0.39, 0.29) is 12.3 Å². The van der Waals surface area contributed by atoms with Gasteiger partial charge in [0.15, 0.2) is 0 Å². The third kappa shape index (κ3) is 5.73. The average Bonchev–Trinajstić information content (AvgIpc) is 2.79. The van der Waals surface area contributed by atoms with Gasteiger partial charge in [0.2, 0.25) is 0 Å². The van der Waals surface area contributed by atoms with Gasteiger partial charge in [-0.1, -0.05) is 46.3 Å². The van der Waals surface area contributed by atoms with Crippen LogP contribution in [0.15, 0.2) is 82.4 Å². The molecule has 0 heterocycles. The number of benzene rings is 3. The number of nitrogens with zero attached hydrogens (tertiary/aromatic N) is 3. The Morgan fingerprint density at radius 2 is 1.62 bits per heavy atom. The number of halogens is 1. The number of carbonyl (C=O) groups excluding carboxylic acids is 1. The number of rotatable bonds is 8. The van der Waals surface area contributed by atoms with E-state index in [1.54, 1.807) is 54.6 Å². The molecule has 3 aromatic rings. The van der Waals surface area contributed by atoms with Crippen LogP contribution < -0.4 is 5.43 Å². The number of nitro benzene ring substituents is 2. The van der Waals surface area contributed by atoms with Crippen molar-refractivity contribution in [1.29, 1.82) is 0 Å². The van der Waals surface area contributed by atoms with Gasteiger partial charge in [-0.25, -0.2) is 4.79 Å². The lowest BCUT2D eigenvalue weighted by Gasteiger charge is -2.10. The maximum Gasteiger partial charge on any atom is 0.338 e. The first-order chi connectivity index (χ1) is 15.3. The molecular formula is C21H15BrN4O6. The Labute approximate surface area is 190 Å². The molecule has 0 saturated heterocycles. The summed E-state index contributed by atoms with van der Waals surface area (Å²) in [5, 5.41) is 26.4. The van der Waals surface area contributed by atoms with Gasteiger partial charge in [-0.2, -0.15) is 5.10 Å². The monoisotopic (exact) mass is 498 g/mol. The van der Waals surface area contributed by atoms with E-state index >= 15 is 0 Å². The third-order valence-corrected chi connectivity index (χ3v) is 4.76. The predicted molar refractivity (Wildman–Crippen MR) is 121 cm³/mol. The molecule has 0 bridgehead atoms. The van der Waals surface area contributed by atoms with E-state index in [4.69, 9.17) is 4.74 Å². The standard InChI is InChI=1S/C21H15BrN4O6/c22-16-8-6-15(7-9-16)21(27)32-13-19(14-4-2-1-3-5-14)24-23-18-11-10-17(25(28)29)12-20(18)26(30)31/h1-12,23H,13H2/b24-19-. The molecule has 1 N–H and O–H groups in total. The van der Waals surface area contributed by atoms with Gasteiger partial charge in [0.25, 0.3) is 5.69 Å². The lowest BCUT2D eigenvalue weighted by Crippen LogP contribution is -2.17. The van der Waals surface area contributed by atoms with E-state index in [1.807, 2.05) is 0 Å². The van der Waals surface area contributed by atoms with E-state index in [9.17, 15) is 25.0 Å². The highest BCUT2D eigenvalue weighted by Crippen LogP contribution is 2.29. The van der Waals surface area contributed by atoms with Crippen LogP contribution in [0.4, 0.5) is 17.1 Å². The van der Waals surface area contributed by atoms with Crippen LogP contribution in [0.3, 0.4) is 0 Å². The van der Waals surface area contributed by atoms with Crippen molar-refractivity contribution < 1.29 is 19.4 Å². The van der Waals surface area contributed by atoms with Crippen molar-refractivity contribution in [2.24, 2.45) is 5.10 Å². The predicted octanol–water partition coefficient (Wildman–Crippen LogP) is 4.94. The van der Waals surface area contributed by atoms with E-state index < -0.39 is 27.2 Å². The van der Waals surface area contributed by atoms with Crippen molar-refractivity contribution in [2.45, 2.75) is 0 Å². The minimum atomic E-state index is -0.749. The Balaban J connectivity index is 1.85. The molecule has 0 radical (unpaired) electrons. The minimum absolute atomic E-state index is 0.0479. The second kappa shape index (κ2) is 10.3. The van der Waals surface area contributed by atoms with Gasteiger partial charge in [-0.05, 0) is 30.3 Å². The highest BCUT2D eigenvalue weighted by molar-refractivity contribution is 9.10. The summed E-state index contributed by atoms with van der Waals surface area (Å²) in [7, 11) is 0.